The van der Waals surface area contributed by atoms with Crippen LogP contribution in [-0.2, 0) is 6.18 Å². The third-order valence-corrected chi connectivity index (χ3v) is 2.28. The van der Waals surface area contributed by atoms with Crippen LogP contribution in [0.3, 0.4) is 0 Å². The Morgan fingerprint density at radius 3 is 2.18 bits per heavy atom. The molecule has 0 saturated heterocycles. The topological polar surface area (TPSA) is 37.3 Å². The van der Waals surface area contributed by atoms with Gasteiger partial charge in [-0.15, -0.1) is 0 Å². The number of hydrogen-bond donors (Lipinski definition) is 1. The number of halogens is 4. The van der Waals surface area contributed by atoms with Gasteiger partial charge in [-0.3, -0.25) is 0 Å². The van der Waals surface area contributed by atoms with Crippen LogP contribution in [0.1, 0.15) is 41.3 Å². The normalized spacial score (nSPS) is 11.9. The Bertz CT molecular complexity index is 450. The van der Waals surface area contributed by atoms with Gasteiger partial charge in [-0.2, -0.15) is 13.2 Å². The zero-order valence-corrected chi connectivity index (χ0v) is 9.10. The van der Waals surface area contributed by atoms with Crippen LogP contribution in [0.4, 0.5) is 17.6 Å². The molecular formula is C11H10F4O2. The van der Waals surface area contributed by atoms with Crippen molar-refractivity contribution in [3.8, 4) is 0 Å². The fourth-order valence-corrected chi connectivity index (χ4v) is 1.39. The van der Waals surface area contributed by atoms with Crippen LogP contribution in [-0.4, -0.2) is 11.1 Å². The van der Waals surface area contributed by atoms with Gasteiger partial charge >= 0.3 is 12.1 Å². The van der Waals surface area contributed by atoms with E-state index in [1.807, 2.05) is 0 Å². The Hall–Kier alpha value is -1.59. The van der Waals surface area contributed by atoms with Crippen molar-refractivity contribution >= 4 is 5.97 Å². The van der Waals surface area contributed by atoms with Gasteiger partial charge in [0.05, 0.1) is 11.1 Å². The lowest BCUT2D eigenvalue weighted by molar-refractivity contribution is -0.137. The van der Waals surface area contributed by atoms with E-state index in [1.165, 1.54) is 13.8 Å². The first kappa shape index (κ1) is 13.5. The van der Waals surface area contributed by atoms with E-state index in [2.05, 4.69) is 0 Å². The minimum absolute atomic E-state index is 0.253. The molecule has 6 heteroatoms. The van der Waals surface area contributed by atoms with E-state index in [0.717, 1.165) is 0 Å². The number of carboxylic acid groups (broad SMARTS) is 1. The molecule has 0 aliphatic carbocycles. The first-order chi connectivity index (χ1) is 7.64. The fourth-order valence-electron chi connectivity index (χ4n) is 1.39. The molecule has 0 aliphatic heterocycles. The van der Waals surface area contributed by atoms with Crippen molar-refractivity contribution < 1.29 is 27.5 Å². The third kappa shape index (κ3) is 2.75. The molecule has 0 unspecified atom stereocenters. The second-order valence-corrected chi connectivity index (χ2v) is 3.88. The molecule has 0 aliphatic rings. The van der Waals surface area contributed by atoms with Gasteiger partial charge in [-0.05, 0) is 23.6 Å². The number of hydrogen-bond acceptors (Lipinski definition) is 1. The first-order valence-electron chi connectivity index (χ1n) is 4.78. The zero-order valence-electron chi connectivity index (χ0n) is 9.10. The summed E-state index contributed by atoms with van der Waals surface area (Å²) in [6.07, 6.45) is -4.69. The van der Waals surface area contributed by atoms with Gasteiger partial charge < -0.3 is 5.11 Å². The van der Waals surface area contributed by atoms with Crippen LogP contribution in [0.2, 0.25) is 0 Å². The Morgan fingerprint density at radius 2 is 1.82 bits per heavy atom. The zero-order chi connectivity index (χ0) is 13.4. The van der Waals surface area contributed by atoms with Crippen molar-refractivity contribution in [1.29, 1.82) is 0 Å². The fraction of sp³-hybridized carbons (Fsp3) is 0.364. The minimum atomic E-state index is -4.69. The monoisotopic (exact) mass is 250 g/mol. The summed E-state index contributed by atoms with van der Waals surface area (Å²) in [4.78, 5) is 10.7. The minimum Gasteiger partial charge on any atom is -0.478 e. The highest BCUT2D eigenvalue weighted by Gasteiger charge is 2.33. The summed E-state index contributed by atoms with van der Waals surface area (Å²) in [5.74, 6) is -3.36. The maximum Gasteiger partial charge on any atom is 0.416 e. The molecule has 0 fully saturated rings. The molecule has 1 N–H and O–H groups in total. The lowest BCUT2D eigenvalue weighted by Gasteiger charge is -2.14. The molecule has 0 saturated carbocycles. The Labute approximate surface area is 94.9 Å². The largest absolute Gasteiger partial charge is 0.478 e. The highest BCUT2D eigenvalue weighted by atomic mass is 19.4. The molecule has 0 atom stereocenters. The van der Waals surface area contributed by atoms with Gasteiger partial charge in [-0.25, -0.2) is 9.18 Å². The van der Waals surface area contributed by atoms with Crippen LogP contribution in [0, 0.1) is 5.82 Å². The van der Waals surface area contributed by atoms with Gasteiger partial charge in [0.15, 0.2) is 0 Å². The summed E-state index contributed by atoms with van der Waals surface area (Å²) >= 11 is 0. The van der Waals surface area contributed by atoms with Crippen molar-refractivity contribution in [2.75, 3.05) is 0 Å². The number of aromatic carboxylic acids is 1. The molecule has 0 spiro atoms. The Balaban J connectivity index is 3.53. The predicted molar refractivity (Wildman–Crippen MR) is 52.5 cm³/mol. The number of rotatable bonds is 2. The summed E-state index contributed by atoms with van der Waals surface area (Å²) in [6.45, 7) is 2.98. The van der Waals surface area contributed by atoms with Gasteiger partial charge in [-0.1, -0.05) is 13.8 Å². The molecular weight excluding hydrogens is 240 g/mol. The Morgan fingerprint density at radius 1 is 1.29 bits per heavy atom. The van der Waals surface area contributed by atoms with Crippen molar-refractivity contribution in [1.82, 2.24) is 0 Å². The molecule has 94 valence electrons. The molecule has 0 amide bonds. The molecule has 1 rings (SSSR count). The molecule has 0 bridgehead atoms. The summed E-state index contributed by atoms with van der Waals surface area (Å²) in [6, 6.07) is 0.954. The molecule has 2 nitrogen and oxygen atoms in total. The maximum atomic E-state index is 13.6. The van der Waals surface area contributed by atoms with Crippen molar-refractivity contribution in [3.63, 3.8) is 0 Å². The number of alkyl halides is 3. The van der Waals surface area contributed by atoms with Crippen molar-refractivity contribution in [2.24, 2.45) is 0 Å². The standard InChI is InChI=1S/C11H10F4O2/c1-5(2)7-3-6(11(13,14)15)4-8(9(7)12)10(16)17/h3-5H,1-2H3,(H,16,17). The summed E-state index contributed by atoms with van der Waals surface area (Å²) < 4.78 is 51.1. The van der Waals surface area contributed by atoms with Crippen molar-refractivity contribution in [3.05, 3.63) is 34.6 Å². The predicted octanol–water partition coefficient (Wildman–Crippen LogP) is 3.67. The smallest absolute Gasteiger partial charge is 0.416 e. The third-order valence-electron chi connectivity index (χ3n) is 2.28. The van der Waals surface area contributed by atoms with Gasteiger partial charge in [0.1, 0.15) is 5.82 Å². The molecule has 0 radical (unpaired) electrons. The number of carbonyl (C=O) groups is 1. The molecule has 1 aromatic carbocycles. The van der Waals surface area contributed by atoms with E-state index in [9.17, 15) is 22.4 Å². The van der Waals surface area contributed by atoms with E-state index in [0.29, 0.717) is 12.1 Å². The van der Waals surface area contributed by atoms with E-state index in [-0.39, 0.29) is 5.56 Å². The van der Waals surface area contributed by atoms with Crippen LogP contribution < -0.4 is 0 Å². The van der Waals surface area contributed by atoms with E-state index in [1.54, 1.807) is 0 Å². The van der Waals surface area contributed by atoms with Crippen LogP contribution in [0.25, 0.3) is 0 Å². The molecule has 1 aromatic rings. The SMILES string of the molecule is CC(C)c1cc(C(F)(F)F)cc(C(=O)O)c1F. The van der Waals surface area contributed by atoms with Crippen LogP contribution in [0.5, 0.6) is 0 Å². The molecule has 17 heavy (non-hydrogen) atoms. The number of carboxylic acids is 1. The maximum absolute atomic E-state index is 13.6. The van der Waals surface area contributed by atoms with E-state index in [4.69, 9.17) is 5.11 Å². The van der Waals surface area contributed by atoms with Crippen molar-refractivity contribution in [2.45, 2.75) is 25.9 Å². The quantitative estimate of drug-likeness (QED) is 0.813. The lowest BCUT2D eigenvalue weighted by atomic mass is 9.96. The number of benzene rings is 1. The summed E-state index contributed by atoms with van der Waals surface area (Å²) in [5, 5.41) is 8.65. The van der Waals surface area contributed by atoms with Gasteiger partial charge in [0.2, 0.25) is 0 Å². The van der Waals surface area contributed by atoms with Crippen LogP contribution in [0.15, 0.2) is 12.1 Å². The van der Waals surface area contributed by atoms with Gasteiger partial charge in [0, 0.05) is 0 Å². The average molecular weight is 250 g/mol. The molecule has 0 aromatic heterocycles. The summed E-state index contributed by atoms with van der Waals surface area (Å²) in [7, 11) is 0. The van der Waals surface area contributed by atoms with E-state index < -0.39 is 35.0 Å². The van der Waals surface area contributed by atoms with E-state index >= 15 is 0 Å². The Kier molecular flexibility index (Phi) is 3.45. The first-order valence-corrected chi connectivity index (χ1v) is 4.78. The average Bonchev–Trinajstić information content (AvgIpc) is 2.14. The van der Waals surface area contributed by atoms with Crippen LogP contribution >= 0.6 is 0 Å². The lowest BCUT2D eigenvalue weighted by Crippen LogP contribution is -2.12. The highest BCUT2D eigenvalue weighted by Crippen LogP contribution is 2.33. The van der Waals surface area contributed by atoms with Gasteiger partial charge in [0.25, 0.3) is 0 Å². The second kappa shape index (κ2) is 4.35. The second-order valence-electron chi connectivity index (χ2n) is 3.88. The highest BCUT2D eigenvalue weighted by molar-refractivity contribution is 5.88. The molecule has 0 heterocycles. The summed E-state index contributed by atoms with van der Waals surface area (Å²) in [5.41, 5.74) is -2.36.